The summed E-state index contributed by atoms with van der Waals surface area (Å²) < 4.78 is 27.5. The lowest BCUT2D eigenvalue weighted by Crippen LogP contribution is -2.30. The minimum absolute atomic E-state index is 0.114. The molecule has 1 N–H and O–H groups in total. The van der Waals surface area contributed by atoms with Crippen LogP contribution in [-0.2, 0) is 21.2 Å². The van der Waals surface area contributed by atoms with Crippen LogP contribution in [0, 0.1) is 34.6 Å². The molecule has 0 aliphatic carbocycles. The van der Waals surface area contributed by atoms with Gasteiger partial charge in [0.05, 0.1) is 52.5 Å². The van der Waals surface area contributed by atoms with Gasteiger partial charge < -0.3 is 5.32 Å². The third kappa shape index (κ3) is 5.33. The molecule has 0 radical (unpaired) electrons. The first-order valence-corrected chi connectivity index (χ1v) is 13.6. The molecule has 1 aromatic carbocycles. The molecule has 3 heterocycles. The van der Waals surface area contributed by atoms with Crippen LogP contribution in [0.15, 0.2) is 24.3 Å². The Morgan fingerprint density at radius 2 is 1.74 bits per heavy atom. The van der Waals surface area contributed by atoms with E-state index in [1.54, 1.807) is 0 Å². The number of carbonyl (C=O) groups is 1. The third-order valence-corrected chi connectivity index (χ3v) is 8.46. The van der Waals surface area contributed by atoms with Crippen molar-refractivity contribution >= 4 is 21.4 Å². The summed E-state index contributed by atoms with van der Waals surface area (Å²) in [7, 11) is -1.09. The Hall–Kier alpha value is -2.98. The van der Waals surface area contributed by atoms with Crippen molar-refractivity contribution in [3.05, 3.63) is 58.2 Å². The molecule has 1 amide bonds. The van der Waals surface area contributed by atoms with Crippen LogP contribution in [0.5, 0.6) is 0 Å². The molecule has 10 heteroatoms. The largest absolute Gasteiger partial charge is 0.322 e. The number of aromatic nitrogens is 4. The van der Waals surface area contributed by atoms with Crippen molar-refractivity contribution in [2.45, 2.75) is 53.6 Å². The van der Waals surface area contributed by atoms with Gasteiger partial charge in [-0.05, 0) is 60.2 Å². The highest BCUT2D eigenvalue weighted by atomic mass is 32.2. The quantitative estimate of drug-likeness (QED) is 0.537. The maximum atomic E-state index is 12.9. The summed E-state index contributed by atoms with van der Waals surface area (Å²) >= 11 is 0. The van der Waals surface area contributed by atoms with Crippen LogP contribution in [0.3, 0.4) is 0 Å². The number of sulfone groups is 1. The highest BCUT2D eigenvalue weighted by molar-refractivity contribution is 7.91. The Bertz CT molecular complexity index is 1350. The number of rotatable bonds is 7. The van der Waals surface area contributed by atoms with E-state index in [1.807, 2.05) is 80.2 Å². The Balaban J connectivity index is 1.42. The van der Waals surface area contributed by atoms with Crippen molar-refractivity contribution in [3.8, 4) is 5.69 Å². The SMILES string of the molecule is Cc1ccc(-n2nc(C)c(NC(=O)CN(C)Cc3c(C)nn([C@H]4CCS(=O)(=O)C4)c3C)c2C)cc1. The lowest BCUT2D eigenvalue weighted by molar-refractivity contribution is -0.117. The zero-order valence-corrected chi connectivity index (χ0v) is 22.1. The minimum Gasteiger partial charge on any atom is -0.322 e. The van der Waals surface area contributed by atoms with Crippen LogP contribution >= 0.6 is 0 Å². The smallest absolute Gasteiger partial charge is 0.238 e. The van der Waals surface area contributed by atoms with Crippen LogP contribution < -0.4 is 5.32 Å². The minimum atomic E-state index is -2.99. The molecular formula is C25H34N6O3S. The number of nitrogens with one attached hydrogen (secondary N) is 1. The topological polar surface area (TPSA) is 102 Å². The summed E-state index contributed by atoms with van der Waals surface area (Å²) in [4.78, 5) is 14.8. The van der Waals surface area contributed by atoms with Crippen LogP contribution in [0.2, 0.25) is 0 Å². The molecule has 1 atom stereocenters. The van der Waals surface area contributed by atoms with Gasteiger partial charge >= 0.3 is 0 Å². The van der Waals surface area contributed by atoms with Crippen molar-refractivity contribution < 1.29 is 13.2 Å². The van der Waals surface area contributed by atoms with Gasteiger partial charge in [-0.1, -0.05) is 17.7 Å². The van der Waals surface area contributed by atoms with E-state index in [1.165, 1.54) is 5.56 Å². The average Bonchev–Trinajstić information content (AvgIpc) is 3.38. The average molecular weight is 499 g/mol. The monoisotopic (exact) mass is 498 g/mol. The van der Waals surface area contributed by atoms with Crippen molar-refractivity contribution in [2.75, 3.05) is 30.4 Å². The van der Waals surface area contributed by atoms with E-state index in [-0.39, 0.29) is 30.0 Å². The van der Waals surface area contributed by atoms with Crippen molar-refractivity contribution in [1.29, 1.82) is 0 Å². The zero-order chi connectivity index (χ0) is 25.5. The Morgan fingerprint density at radius 1 is 1.06 bits per heavy atom. The Morgan fingerprint density at radius 3 is 2.37 bits per heavy atom. The van der Waals surface area contributed by atoms with Crippen molar-refractivity contribution in [3.63, 3.8) is 0 Å². The van der Waals surface area contributed by atoms with E-state index in [2.05, 4.69) is 15.5 Å². The molecule has 0 unspecified atom stereocenters. The molecule has 1 aliphatic rings. The molecule has 4 rings (SSSR count). The Kier molecular flexibility index (Phi) is 6.88. The number of carbonyl (C=O) groups excluding carboxylic acids is 1. The molecule has 0 spiro atoms. The van der Waals surface area contributed by atoms with Crippen LogP contribution in [0.4, 0.5) is 5.69 Å². The van der Waals surface area contributed by atoms with Gasteiger partial charge in [0.25, 0.3) is 0 Å². The summed E-state index contributed by atoms with van der Waals surface area (Å²) in [6.45, 7) is 10.5. The molecule has 3 aromatic rings. The highest BCUT2D eigenvalue weighted by Crippen LogP contribution is 2.27. The van der Waals surface area contributed by atoms with E-state index in [4.69, 9.17) is 0 Å². The molecule has 0 bridgehead atoms. The van der Waals surface area contributed by atoms with Gasteiger partial charge in [0.1, 0.15) is 0 Å². The molecule has 188 valence electrons. The van der Waals surface area contributed by atoms with E-state index >= 15 is 0 Å². The number of anilines is 1. The summed E-state index contributed by atoms with van der Waals surface area (Å²) in [6, 6.07) is 7.99. The maximum Gasteiger partial charge on any atom is 0.238 e. The maximum absolute atomic E-state index is 12.9. The summed E-state index contributed by atoms with van der Waals surface area (Å²) in [5.41, 5.74) is 7.35. The second-order valence-electron chi connectivity index (χ2n) is 9.66. The van der Waals surface area contributed by atoms with Gasteiger partial charge in [-0.2, -0.15) is 10.2 Å². The highest BCUT2D eigenvalue weighted by Gasteiger charge is 2.31. The number of hydrogen-bond acceptors (Lipinski definition) is 6. The van der Waals surface area contributed by atoms with Crippen LogP contribution in [0.1, 0.15) is 46.4 Å². The van der Waals surface area contributed by atoms with E-state index in [9.17, 15) is 13.2 Å². The van der Waals surface area contributed by atoms with Gasteiger partial charge in [0, 0.05) is 17.8 Å². The van der Waals surface area contributed by atoms with E-state index in [0.29, 0.717) is 13.0 Å². The van der Waals surface area contributed by atoms with E-state index in [0.717, 1.165) is 39.7 Å². The molecule has 2 aromatic heterocycles. The standard InChI is InChI=1S/C25H34N6O3S/c1-16-7-9-21(10-8-16)31-20(5)25(18(3)28-31)26-24(32)14-29(6)13-23-17(2)27-30(19(23)4)22-11-12-35(33,34)15-22/h7-10,22H,11-15H2,1-6H3,(H,26,32)/t22-/m0/s1. The van der Waals surface area contributed by atoms with Gasteiger partial charge in [0.15, 0.2) is 9.84 Å². The normalized spacial score (nSPS) is 17.3. The number of likely N-dealkylation sites (N-methyl/N-ethyl adjacent to an activating group) is 1. The zero-order valence-electron chi connectivity index (χ0n) is 21.3. The first-order valence-electron chi connectivity index (χ1n) is 11.8. The fraction of sp³-hybridized carbons (Fsp3) is 0.480. The van der Waals surface area contributed by atoms with E-state index < -0.39 is 9.84 Å². The number of benzene rings is 1. The molecule has 35 heavy (non-hydrogen) atoms. The fourth-order valence-corrected chi connectivity index (χ4v) is 6.45. The molecule has 0 saturated carbocycles. The van der Waals surface area contributed by atoms with Gasteiger partial charge in [-0.15, -0.1) is 0 Å². The predicted octanol–water partition coefficient (Wildman–Crippen LogP) is 3.04. The van der Waals surface area contributed by atoms with Crippen LogP contribution in [0.25, 0.3) is 5.69 Å². The van der Waals surface area contributed by atoms with Crippen molar-refractivity contribution in [1.82, 2.24) is 24.5 Å². The van der Waals surface area contributed by atoms with Gasteiger partial charge in [-0.25, -0.2) is 13.1 Å². The molecule has 9 nitrogen and oxygen atoms in total. The summed E-state index contributed by atoms with van der Waals surface area (Å²) in [5.74, 6) is 0.235. The second-order valence-corrected chi connectivity index (χ2v) is 11.9. The third-order valence-electron chi connectivity index (χ3n) is 6.70. The number of aryl methyl sites for hydroxylation is 3. The first kappa shape index (κ1) is 25.1. The number of amides is 1. The Labute approximate surface area is 207 Å². The molecule has 1 fully saturated rings. The lowest BCUT2D eigenvalue weighted by Gasteiger charge is -2.17. The number of hydrogen-bond donors (Lipinski definition) is 1. The molecular weight excluding hydrogens is 464 g/mol. The van der Waals surface area contributed by atoms with Crippen LogP contribution in [-0.4, -0.2) is 63.9 Å². The van der Waals surface area contributed by atoms with Gasteiger partial charge in [-0.3, -0.25) is 14.4 Å². The summed E-state index contributed by atoms with van der Waals surface area (Å²) in [6.07, 6.45) is 0.594. The molecule has 1 aliphatic heterocycles. The second kappa shape index (κ2) is 9.58. The first-order chi connectivity index (χ1) is 16.4. The number of nitrogens with zero attached hydrogens (tertiary/aromatic N) is 5. The predicted molar refractivity (Wildman–Crippen MR) is 137 cm³/mol. The lowest BCUT2D eigenvalue weighted by atomic mass is 10.1. The van der Waals surface area contributed by atoms with Crippen molar-refractivity contribution in [2.24, 2.45) is 0 Å². The van der Waals surface area contributed by atoms with Gasteiger partial charge in [0.2, 0.25) is 5.91 Å². The molecule has 1 saturated heterocycles. The fourth-order valence-electron chi connectivity index (χ4n) is 4.76. The summed E-state index contributed by atoms with van der Waals surface area (Å²) in [5, 5.41) is 12.3.